The van der Waals surface area contributed by atoms with Gasteiger partial charge < -0.3 is 10.6 Å². The normalized spacial score (nSPS) is 16.2. The Morgan fingerprint density at radius 3 is 2.64 bits per heavy atom. The number of hydrogen-bond acceptors (Lipinski definition) is 3. The Labute approximate surface area is 152 Å². The van der Waals surface area contributed by atoms with Gasteiger partial charge in [-0.1, -0.05) is 24.6 Å². The molecule has 0 aliphatic heterocycles. The van der Waals surface area contributed by atoms with Crippen molar-refractivity contribution in [1.29, 1.82) is 0 Å². The smallest absolute Gasteiger partial charge is 0.256 e. The van der Waals surface area contributed by atoms with Gasteiger partial charge in [0.1, 0.15) is 5.00 Å². The third-order valence-corrected chi connectivity index (χ3v) is 5.99. The largest absolute Gasteiger partial charge is 0.355 e. The van der Waals surface area contributed by atoms with Crippen LogP contribution in [0, 0.1) is 19.8 Å². The minimum atomic E-state index is -0.158. The zero-order valence-corrected chi connectivity index (χ0v) is 16.0. The first-order valence-electron chi connectivity index (χ1n) is 8.66. The van der Waals surface area contributed by atoms with Gasteiger partial charge >= 0.3 is 0 Å². The van der Waals surface area contributed by atoms with Crippen molar-refractivity contribution >= 4 is 28.2 Å². The van der Waals surface area contributed by atoms with E-state index in [0.29, 0.717) is 22.0 Å². The molecular formula is C20H24N2O2S. The molecule has 0 saturated carbocycles. The average Bonchev–Trinajstić information content (AvgIpc) is 2.90. The van der Waals surface area contributed by atoms with Crippen LogP contribution in [-0.2, 0) is 12.8 Å². The number of hydrogen-bond donors (Lipinski definition) is 2. The summed E-state index contributed by atoms with van der Waals surface area (Å²) in [6.07, 6.45) is 2.96. The van der Waals surface area contributed by atoms with Gasteiger partial charge in [-0.3, -0.25) is 9.59 Å². The van der Waals surface area contributed by atoms with Gasteiger partial charge in [-0.25, -0.2) is 0 Å². The molecule has 1 aromatic heterocycles. The van der Waals surface area contributed by atoms with Crippen molar-refractivity contribution in [2.45, 2.75) is 40.0 Å². The Kier molecular flexibility index (Phi) is 4.95. The van der Waals surface area contributed by atoms with Gasteiger partial charge in [0, 0.05) is 17.5 Å². The standard InChI is InChI=1S/C20H24N2O2S/c1-11-5-7-14(13(3)9-11)18(23)22-20-17(19(24)21-4)15-8-6-12(2)10-16(15)25-20/h5,7,9,12H,6,8,10H2,1-4H3,(H,21,24)(H,22,23)/t12-/m1/s1. The lowest BCUT2D eigenvalue weighted by Crippen LogP contribution is -2.23. The van der Waals surface area contributed by atoms with Crippen LogP contribution in [-0.4, -0.2) is 18.9 Å². The van der Waals surface area contributed by atoms with E-state index in [0.717, 1.165) is 36.0 Å². The highest BCUT2D eigenvalue weighted by Crippen LogP contribution is 2.39. The van der Waals surface area contributed by atoms with Crippen LogP contribution in [0.1, 0.15) is 55.6 Å². The van der Waals surface area contributed by atoms with Gasteiger partial charge in [0.15, 0.2) is 0 Å². The van der Waals surface area contributed by atoms with E-state index in [-0.39, 0.29) is 11.8 Å². The molecule has 1 aromatic carbocycles. The van der Waals surface area contributed by atoms with Gasteiger partial charge in [-0.15, -0.1) is 11.3 Å². The Bertz CT molecular complexity index is 838. The molecule has 25 heavy (non-hydrogen) atoms. The quantitative estimate of drug-likeness (QED) is 0.870. The van der Waals surface area contributed by atoms with E-state index in [2.05, 4.69) is 17.6 Å². The molecule has 132 valence electrons. The highest BCUT2D eigenvalue weighted by Gasteiger charge is 2.28. The van der Waals surface area contributed by atoms with Crippen LogP contribution >= 0.6 is 11.3 Å². The van der Waals surface area contributed by atoms with Gasteiger partial charge in [0.2, 0.25) is 0 Å². The fourth-order valence-electron chi connectivity index (χ4n) is 3.44. The number of thiophene rings is 1. The van der Waals surface area contributed by atoms with Crippen molar-refractivity contribution in [3.63, 3.8) is 0 Å². The molecule has 3 rings (SSSR count). The van der Waals surface area contributed by atoms with Crippen molar-refractivity contribution in [1.82, 2.24) is 5.32 Å². The van der Waals surface area contributed by atoms with Crippen LogP contribution in [0.4, 0.5) is 5.00 Å². The fraction of sp³-hybridized carbons (Fsp3) is 0.400. The first-order chi connectivity index (χ1) is 11.9. The predicted octanol–water partition coefficient (Wildman–Crippen LogP) is 4.10. The van der Waals surface area contributed by atoms with Crippen molar-refractivity contribution in [2.24, 2.45) is 5.92 Å². The molecule has 2 aromatic rings. The molecule has 4 nitrogen and oxygen atoms in total. The molecule has 2 amide bonds. The van der Waals surface area contributed by atoms with E-state index in [1.54, 1.807) is 18.4 Å². The Morgan fingerprint density at radius 1 is 1.20 bits per heavy atom. The van der Waals surface area contributed by atoms with Crippen LogP contribution in [0.2, 0.25) is 0 Å². The number of carbonyl (C=O) groups is 2. The van der Waals surface area contributed by atoms with Crippen LogP contribution in [0.25, 0.3) is 0 Å². The highest BCUT2D eigenvalue weighted by molar-refractivity contribution is 7.17. The van der Waals surface area contributed by atoms with Crippen LogP contribution in [0.5, 0.6) is 0 Å². The van der Waals surface area contributed by atoms with E-state index in [9.17, 15) is 9.59 Å². The molecule has 0 radical (unpaired) electrons. The molecular weight excluding hydrogens is 332 g/mol. The second kappa shape index (κ2) is 7.00. The fourth-order valence-corrected chi connectivity index (χ4v) is 4.85. The summed E-state index contributed by atoms with van der Waals surface area (Å²) in [6, 6.07) is 5.77. The summed E-state index contributed by atoms with van der Waals surface area (Å²) in [6.45, 7) is 6.17. The first-order valence-corrected chi connectivity index (χ1v) is 9.47. The summed E-state index contributed by atoms with van der Waals surface area (Å²) in [5.74, 6) is 0.337. The third kappa shape index (κ3) is 3.47. The van der Waals surface area contributed by atoms with Gasteiger partial charge in [-0.2, -0.15) is 0 Å². The zero-order chi connectivity index (χ0) is 18.1. The van der Waals surface area contributed by atoms with Crippen molar-refractivity contribution < 1.29 is 9.59 Å². The number of anilines is 1. The van der Waals surface area contributed by atoms with Crippen molar-refractivity contribution in [3.8, 4) is 0 Å². The summed E-state index contributed by atoms with van der Waals surface area (Å²) < 4.78 is 0. The summed E-state index contributed by atoms with van der Waals surface area (Å²) in [4.78, 5) is 26.4. The minimum Gasteiger partial charge on any atom is -0.355 e. The second-order valence-electron chi connectivity index (χ2n) is 6.91. The Hall–Kier alpha value is -2.14. The molecule has 0 saturated heterocycles. The van der Waals surface area contributed by atoms with E-state index < -0.39 is 0 Å². The lowest BCUT2D eigenvalue weighted by molar-refractivity contribution is 0.0963. The maximum atomic E-state index is 12.8. The highest BCUT2D eigenvalue weighted by atomic mass is 32.1. The number of nitrogens with one attached hydrogen (secondary N) is 2. The van der Waals surface area contributed by atoms with E-state index in [1.165, 1.54) is 4.88 Å². The maximum Gasteiger partial charge on any atom is 0.256 e. The Balaban J connectivity index is 1.96. The monoisotopic (exact) mass is 356 g/mol. The van der Waals surface area contributed by atoms with Crippen LogP contribution in [0.3, 0.4) is 0 Å². The Morgan fingerprint density at radius 2 is 1.96 bits per heavy atom. The van der Waals surface area contributed by atoms with E-state index in [1.807, 2.05) is 32.0 Å². The van der Waals surface area contributed by atoms with Crippen molar-refractivity contribution in [2.75, 3.05) is 12.4 Å². The number of aryl methyl sites for hydroxylation is 2. The maximum absolute atomic E-state index is 12.8. The summed E-state index contributed by atoms with van der Waals surface area (Å²) in [5, 5.41) is 6.38. The predicted molar refractivity (Wildman–Crippen MR) is 103 cm³/mol. The lowest BCUT2D eigenvalue weighted by atomic mass is 9.88. The summed E-state index contributed by atoms with van der Waals surface area (Å²) in [5.41, 5.74) is 4.47. The molecule has 1 atom stereocenters. The van der Waals surface area contributed by atoms with Crippen molar-refractivity contribution in [3.05, 3.63) is 50.9 Å². The van der Waals surface area contributed by atoms with Gasteiger partial charge in [-0.05, 0) is 56.2 Å². The molecule has 1 heterocycles. The number of amides is 2. The summed E-state index contributed by atoms with van der Waals surface area (Å²) in [7, 11) is 1.63. The summed E-state index contributed by atoms with van der Waals surface area (Å²) >= 11 is 1.55. The first kappa shape index (κ1) is 17.7. The molecule has 5 heteroatoms. The lowest BCUT2D eigenvalue weighted by Gasteiger charge is -2.18. The molecule has 0 bridgehead atoms. The number of benzene rings is 1. The third-order valence-electron chi connectivity index (χ3n) is 4.82. The topological polar surface area (TPSA) is 58.2 Å². The number of fused-ring (bicyclic) bond motifs is 1. The van der Waals surface area contributed by atoms with Gasteiger partial charge in [0.25, 0.3) is 11.8 Å². The number of carbonyl (C=O) groups excluding carboxylic acids is 2. The molecule has 0 fully saturated rings. The molecule has 1 aliphatic carbocycles. The van der Waals surface area contributed by atoms with Crippen LogP contribution in [0.15, 0.2) is 18.2 Å². The van der Waals surface area contributed by atoms with E-state index in [4.69, 9.17) is 0 Å². The minimum absolute atomic E-state index is 0.122. The second-order valence-corrected chi connectivity index (χ2v) is 8.01. The number of rotatable bonds is 3. The van der Waals surface area contributed by atoms with Crippen LogP contribution < -0.4 is 10.6 Å². The van der Waals surface area contributed by atoms with E-state index >= 15 is 0 Å². The van der Waals surface area contributed by atoms with Gasteiger partial charge in [0.05, 0.1) is 5.56 Å². The SMILES string of the molecule is CNC(=O)c1c(NC(=O)c2ccc(C)cc2C)sc2c1CC[C@@H](C)C2. The average molecular weight is 356 g/mol. The molecule has 2 N–H and O–H groups in total. The molecule has 1 aliphatic rings. The molecule has 0 spiro atoms. The zero-order valence-electron chi connectivity index (χ0n) is 15.2. The molecule has 0 unspecified atom stereocenters.